The molecule has 1 aromatic carbocycles. The van der Waals surface area contributed by atoms with Crippen LogP contribution in [0, 0.1) is 11.7 Å². The summed E-state index contributed by atoms with van der Waals surface area (Å²) < 4.78 is 13.4. The summed E-state index contributed by atoms with van der Waals surface area (Å²) in [4.78, 5) is 31.1. The van der Waals surface area contributed by atoms with Crippen molar-refractivity contribution in [2.75, 3.05) is 39.8 Å². The normalized spacial score (nSPS) is 16.8. The minimum absolute atomic E-state index is 0.0267. The number of unbranched alkanes of at least 4 members (excludes halogenated alkanes) is 2. The highest BCUT2D eigenvalue weighted by Crippen LogP contribution is 2.22. The molecular formula is C26H36FN5O2. The van der Waals surface area contributed by atoms with Crippen molar-refractivity contribution in [1.82, 2.24) is 24.9 Å². The predicted octanol–water partition coefficient (Wildman–Crippen LogP) is 4.31. The van der Waals surface area contributed by atoms with E-state index in [1.165, 1.54) is 12.1 Å². The molecule has 7 nitrogen and oxygen atoms in total. The van der Waals surface area contributed by atoms with Crippen LogP contribution in [0.2, 0.25) is 0 Å². The number of urea groups is 1. The number of halogens is 1. The second-order valence-electron chi connectivity index (χ2n) is 9.60. The van der Waals surface area contributed by atoms with E-state index in [2.05, 4.69) is 10.2 Å². The number of nitrogens with one attached hydrogen (secondary N) is 1. The molecule has 2 fully saturated rings. The molecule has 0 aliphatic carbocycles. The number of carbonyl (C=O) groups excluding carboxylic acids is 2. The average molecular weight is 470 g/mol. The summed E-state index contributed by atoms with van der Waals surface area (Å²) in [5.74, 6) is -0.0257. The van der Waals surface area contributed by atoms with E-state index in [9.17, 15) is 14.0 Å². The number of H-pyrrole nitrogens is 1. The molecule has 1 aromatic heterocycles. The Morgan fingerprint density at radius 3 is 2.53 bits per heavy atom. The fraction of sp³-hybridized carbons (Fsp3) is 0.577. The molecule has 0 spiro atoms. The Kier molecular flexibility index (Phi) is 8.19. The number of hydrogen-bond donors (Lipinski definition) is 1. The van der Waals surface area contributed by atoms with Crippen LogP contribution in [0.4, 0.5) is 9.18 Å². The third-order valence-electron chi connectivity index (χ3n) is 7.06. The van der Waals surface area contributed by atoms with Crippen LogP contribution in [0.1, 0.15) is 50.6 Å². The van der Waals surface area contributed by atoms with Crippen LogP contribution in [0.25, 0.3) is 11.3 Å². The highest BCUT2D eigenvalue weighted by Gasteiger charge is 2.31. The number of likely N-dealkylation sites (tertiary alicyclic amines) is 2. The van der Waals surface area contributed by atoms with E-state index in [0.717, 1.165) is 88.0 Å². The van der Waals surface area contributed by atoms with Crippen LogP contribution in [-0.2, 0) is 11.2 Å². The Morgan fingerprint density at radius 1 is 1.06 bits per heavy atom. The number of rotatable bonds is 8. The number of carbonyl (C=O) groups is 2. The summed E-state index contributed by atoms with van der Waals surface area (Å²) >= 11 is 0. The maximum Gasteiger partial charge on any atom is 0.319 e. The maximum atomic E-state index is 13.4. The van der Waals surface area contributed by atoms with Crippen molar-refractivity contribution in [3.05, 3.63) is 41.8 Å². The molecule has 184 valence electrons. The van der Waals surface area contributed by atoms with Crippen molar-refractivity contribution in [1.29, 1.82) is 0 Å². The Balaban J connectivity index is 1.12. The molecule has 0 radical (unpaired) electrons. The Labute approximate surface area is 201 Å². The van der Waals surface area contributed by atoms with Crippen molar-refractivity contribution in [3.8, 4) is 11.3 Å². The van der Waals surface area contributed by atoms with Crippen LogP contribution < -0.4 is 0 Å². The molecular weight excluding hydrogens is 433 g/mol. The van der Waals surface area contributed by atoms with Crippen molar-refractivity contribution < 1.29 is 14.0 Å². The third-order valence-corrected chi connectivity index (χ3v) is 7.06. The number of piperidine rings is 1. The number of amides is 3. The van der Waals surface area contributed by atoms with Gasteiger partial charge in [0.25, 0.3) is 0 Å². The zero-order valence-corrected chi connectivity index (χ0v) is 20.1. The molecule has 3 heterocycles. The van der Waals surface area contributed by atoms with Gasteiger partial charge in [-0.3, -0.25) is 9.89 Å². The largest absolute Gasteiger partial charge is 0.346 e. The van der Waals surface area contributed by atoms with E-state index >= 15 is 0 Å². The molecule has 34 heavy (non-hydrogen) atoms. The fourth-order valence-electron chi connectivity index (χ4n) is 4.97. The van der Waals surface area contributed by atoms with Gasteiger partial charge in [0.15, 0.2) is 0 Å². The number of aryl methyl sites for hydroxylation is 1. The molecule has 3 amide bonds. The van der Waals surface area contributed by atoms with E-state index in [4.69, 9.17) is 0 Å². The van der Waals surface area contributed by atoms with Gasteiger partial charge in [0, 0.05) is 56.9 Å². The third kappa shape index (κ3) is 6.15. The highest BCUT2D eigenvalue weighted by atomic mass is 19.1. The second-order valence-corrected chi connectivity index (χ2v) is 9.60. The second kappa shape index (κ2) is 11.5. The van der Waals surface area contributed by atoms with E-state index in [1.807, 2.05) is 33.9 Å². The van der Waals surface area contributed by atoms with Crippen molar-refractivity contribution in [3.63, 3.8) is 0 Å². The first-order chi connectivity index (χ1) is 16.5. The Hall–Kier alpha value is -2.90. The molecule has 1 N–H and O–H groups in total. The lowest BCUT2D eigenvalue weighted by atomic mass is 9.95. The number of aromatic nitrogens is 2. The predicted molar refractivity (Wildman–Crippen MR) is 130 cm³/mol. The first-order valence-corrected chi connectivity index (χ1v) is 12.6. The summed E-state index contributed by atoms with van der Waals surface area (Å²) in [7, 11) is 1.89. The average Bonchev–Trinajstić information content (AvgIpc) is 3.56. The fourth-order valence-corrected chi connectivity index (χ4v) is 4.97. The van der Waals surface area contributed by atoms with Gasteiger partial charge in [-0.1, -0.05) is 18.6 Å². The van der Waals surface area contributed by atoms with Crippen molar-refractivity contribution in [2.24, 2.45) is 5.92 Å². The summed E-state index contributed by atoms with van der Waals surface area (Å²) in [5, 5.41) is 7.34. The van der Waals surface area contributed by atoms with Gasteiger partial charge in [0.1, 0.15) is 5.82 Å². The van der Waals surface area contributed by atoms with Crippen LogP contribution in [-0.4, -0.2) is 76.6 Å². The number of aromatic amines is 1. The lowest BCUT2D eigenvalue weighted by molar-refractivity contribution is -0.135. The van der Waals surface area contributed by atoms with Gasteiger partial charge >= 0.3 is 6.03 Å². The molecule has 2 saturated heterocycles. The van der Waals surface area contributed by atoms with Gasteiger partial charge in [-0.25, -0.2) is 9.18 Å². The van der Waals surface area contributed by atoms with Crippen LogP contribution in [0.5, 0.6) is 0 Å². The van der Waals surface area contributed by atoms with E-state index in [0.29, 0.717) is 13.1 Å². The topological polar surface area (TPSA) is 72.5 Å². The zero-order chi connectivity index (χ0) is 23.9. The zero-order valence-electron chi connectivity index (χ0n) is 20.1. The molecule has 2 aromatic rings. The monoisotopic (exact) mass is 469 g/mol. The van der Waals surface area contributed by atoms with Gasteiger partial charge in [0.05, 0.1) is 5.69 Å². The van der Waals surface area contributed by atoms with Gasteiger partial charge < -0.3 is 14.7 Å². The standard InChI is InChI=1S/C26H36FN5O2/c1-30(25(33)20-11-16-32(17-12-20)26(34)31-14-5-6-15-31)13-4-2-3-10-23-19-24(29-28-23)21-8-7-9-22(27)18-21/h7-9,18-20H,2-6,10-17H2,1H3,(H,28,29). The molecule has 0 bridgehead atoms. The Bertz CT molecular complexity index is 964. The first kappa shape index (κ1) is 24.2. The van der Waals surface area contributed by atoms with E-state index in [1.54, 1.807) is 6.07 Å². The van der Waals surface area contributed by atoms with Crippen LogP contribution in [0.15, 0.2) is 30.3 Å². The molecule has 0 atom stereocenters. The van der Waals surface area contributed by atoms with Gasteiger partial charge in [-0.15, -0.1) is 0 Å². The Morgan fingerprint density at radius 2 is 1.79 bits per heavy atom. The summed E-state index contributed by atoms with van der Waals surface area (Å²) in [5.41, 5.74) is 2.57. The van der Waals surface area contributed by atoms with Gasteiger partial charge in [-0.2, -0.15) is 5.10 Å². The van der Waals surface area contributed by atoms with E-state index < -0.39 is 0 Å². The van der Waals surface area contributed by atoms with Crippen molar-refractivity contribution >= 4 is 11.9 Å². The van der Waals surface area contributed by atoms with Crippen molar-refractivity contribution in [2.45, 2.75) is 51.4 Å². The van der Waals surface area contributed by atoms with Crippen LogP contribution >= 0.6 is 0 Å². The summed E-state index contributed by atoms with van der Waals surface area (Å²) in [6.07, 6.45) is 7.58. The van der Waals surface area contributed by atoms with Crippen LogP contribution in [0.3, 0.4) is 0 Å². The van der Waals surface area contributed by atoms with Gasteiger partial charge in [0.2, 0.25) is 5.91 Å². The molecule has 2 aliphatic rings. The maximum absolute atomic E-state index is 13.4. The highest BCUT2D eigenvalue weighted by molar-refractivity contribution is 5.79. The molecule has 8 heteroatoms. The molecule has 0 saturated carbocycles. The van der Waals surface area contributed by atoms with E-state index in [-0.39, 0.29) is 23.7 Å². The molecule has 0 unspecified atom stereocenters. The minimum atomic E-state index is -0.262. The minimum Gasteiger partial charge on any atom is -0.346 e. The summed E-state index contributed by atoms with van der Waals surface area (Å²) in [6.45, 7) is 3.86. The lowest BCUT2D eigenvalue weighted by Crippen LogP contribution is -2.48. The number of hydrogen-bond acceptors (Lipinski definition) is 3. The lowest BCUT2D eigenvalue weighted by Gasteiger charge is -2.35. The quantitative estimate of drug-likeness (QED) is 0.586. The van der Waals surface area contributed by atoms with Gasteiger partial charge in [-0.05, 0) is 63.1 Å². The number of nitrogens with zero attached hydrogens (tertiary/aromatic N) is 4. The summed E-state index contributed by atoms with van der Waals surface area (Å²) in [6, 6.07) is 8.59. The first-order valence-electron chi connectivity index (χ1n) is 12.6. The number of benzene rings is 1. The molecule has 2 aliphatic heterocycles. The SMILES string of the molecule is CN(CCCCCc1cc(-c2cccc(F)c2)n[nH]1)C(=O)C1CCN(C(=O)N2CCCC2)CC1. The smallest absolute Gasteiger partial charge is 0.319 e. The molecule has 4 rings (SSSR count).